The number of aromatic nitrogens is 2. The van der Waals surface area contributed by atoms with Crippen molar-refractivity contribution in [2.45, 2.75) is 6.54 Å². The van der Waals surface area contributed by atoms with Crippen LogP contribution in [0.4, 0.5) is 0 Å². The lowest BCUT2D eigenvalue weighted by Crippen LogP contribution is -2.14. The summed E-state index contributed by atoms with van der Waals surface area (Å²) in [5.74, 6) is -0.776. The number of fused-ring (bicyclic) bond motifs is 3. The molecule has 0 saturated carbocycles. The molecule has 226 valence electrons. The van der Waals surface area contributed by atoms with E-state index in [-0.39, 0.29) is 5.91 Å². The van der Waals surface area contributed by atoms with E-state index in [0.29, 0.717) is 17.7 Å². The van der Waals surface area contributed by atoms with Crippen molar-refractivity contribution in [3.63, 3.8) is 0 Å². The number of hydrogen-bond acceptors (Lipinski definition) is 3. The van der Waals surface area contributed by atoms with Crippen LogP contribution in [0.25, 0.3) is 33.2 Å². The van der Waals surface area contributed by atoms with Crippen LogP contribution in [-0.4, -0.2) is 26.9 Å². The summed E-state index contributed by atoms with van der Waals surface area (Å²) in [5, 5.41) is 5.02. The fourth-order valence-electron chi connectivity index (χ4n) is 5.54. The monoisotopic (exact) mass is 605 g/mol. The third-order valence-corrected chi connectivity index (χ3v) is 7.76. The Balaban J connectivity index is 0.000000126. The molecule has 0 saturated heterocycles. The second-order valence-electron chi connectivity index (χ2n) is 10.6. The standard InChI is InChI=1S/2C15H12N2O.C8H7NO/c2*16-15(18)12-6-2-4-8-14(12)17-10-9-11-5-1-3-7-13(11)17;10-8-7-4-2-1-3-6(7)5-9-8/h2*1-10H,(H2,16,18);1-4H,5H2,(H,9,10). The van der Waals surface area contributed by atoms with Gasteiger partial charge in [-0.3, -0.25) is 14.4 Å². The minimum Gasteiger partial charge on any atom is -0.366 e. The lowest BCUT2D eigenvalue weighted by atomic mass is 10.1. The van der Waals surface area contributed by atoms with E-state index in [1.807, 2.05) is 143 Å². The first-order valence-corrected chi connectivity index (χ1v) is 14.7. The average Bonchev–Trinajstić information content (AvgIpc) is 3.82. The van der Waals surface area contributed by atoms with Gasteiger partial charge in [-0.15, -0.1) is 0 Å². The van der Waals surface area contributed by atoms with Crippen LogP contribution in [-0.2, 0) is 6.54 Å². The van der Waals surface area contributed by atoms with Gasteiger partial charge < -0.3 is 25.9 Å². The Morgan fingerprint density at radius 1 is 0.543 bits per heavy atom. The molecule has 0 fully saturated rings. The van der Waals surface area contributed by atoms with E-state index in [1.165, 1.54) is 0 Å². The normalized spacial score (nSPS) is 11.5. The second-order valence-corrected chi connectivity index (χ2v) is 10.6. The molecule has 8 heteroatoms. The summed E-state index contributed by atoms with van der Waals surface area (Å²) >= 11 is 0. The molecule has 3 amide bonds. The van der Waals surface area contributed by atoms with Gasteiger partial charge in [0.15, 0.2) is 0 Å². The number of nitrogens with two attached hydrogens (primary N) is 2. The number of carbonyl (C=O) groups is 3. The molecule has 0 unspecified atom stereocenters. The molecule has 7 aromatic rings. The number of primary amides is 2. The smallest absolute Gasteiger partial charge is 0.251 e. The molecular formula is C38H31N5O3. The molecule has 5 N–H and O–H groups in total. The Hall–Kier alpha value is -6.41. The van der Waals surface area contributed by atoms with E-state index in [9.17, 15) is 14.4 Å². The predicted molar refractivity (Wildman–Crippen MR) is 181 cm³/mol. The number of amides is 3. The van der Waals surface area contributed by atoms with Gasteiger partial charge >= 0.3 is 0 Å². The molecule has 46 heavy (non-hydrogen) atoms. The van der Waals surface area contributed by atoms with Crippen molar-refractivity contribution >= 4 is 39.5 Å². The van der Waals surface area contributed by atoms with Gasteiger partial charge in [0.05, 0.1) is 33.5 Å². The Bertz CT molecular complexity index is 2080. The third-order valence-electron chi connectivity index (χ3n) is 7.76. The molecule has 0 radical (unpaired) electrons. The summed E-state index contributed by atoms with van der Waals surface area (Å²) in [5.41, 5.74) is 17.5. The molecule has 0 aliphatic carbocycles. The van der Waals surface area contributed by atoms with Crippen molar-refractivity contribution in [1.29, 1.82) is 0 Å². The summed E-state index contributed by atoms with van der Waals surface area (Å²) in [7, 11) is 0. The highest BCUT2D eigenvalue weighted by Crippen LogP contribution is 2.24. The van der Waals surface area contributed by atoms with Gasteiger partial charge in [-0.1, -0.05) is 78.9 Å². The number of rotatable bonds is 4. The number of para-hydroxylation sites is 4. The van der Waals surface area contributed by atoms with Crippen molar-refractivity contribution in [2.75, 3.05) is 0 Å². The molecule has 8 nitrogen and oxygen atoms in total. The summed E-state index contributed by atoms with van der Waals surface area (Å²) in [6.45, 7) is 0.689. The maximum atomic E-state index is 11.5. The van der Waals surface area contributed by atoms with Gasteiger partial charge in [0, 0.05) is 24.5 Å². The first-order valence-electron chi connectivity index (χ1n) is 14.7. The van der Waals surface area contributed by atoms with Gasteiger partial charge in [0.1, 0.15) is 0 Å². The molecule has 1 aliphatic heterocycles. The van der Waals surface area contributed by atoms with Crippen LogP contribution < -0.4 is 16.8 Å². The first kappa shape index (κ1) is 29.7. The fraction of sp³-hybridized carbons (Fsp3) is 0.0263. The van der Waals surface area contributed by atoms with Crippen molar-refractivity contribution in [2.24, 2.45) is 11.5 Å². The number of nitrogens with one attached hydrogen (secondary N) is 1. The zero-order chi connectivity index (χ0) is 32.0. The Morgan fingerprint density at radius 2 is 0.978 bits per heavy atom. The molecule has 0 bridgehead atoms. The van der Waals surface area contributed by atoms with Crippen LogP contribution in [0.1, 0.15) is 36.6 Å². The number of benzene rings is 5. The minimum atomic E-state index is -0.414. The molecule has 5 aromatic carbocycles. The van der Waals surface area contributed by atoms with Gasteiger partial charge in [-0.05, 0) is 70.9 Å². The third kappa shape index (κ3) is 6.00. The van der Waals surface area contributed by atoms with Gasteiger partial charge in [0.2, 0.25) is 0 Å². The average molecular weight is 606 g/mol. The summed E-state index contributed by atoms with van der Waals surface area (Å²) in [6, 6.07) is 42.4. The number of hydrogen-bond donors (Lipinski definition) is 3. The first-order chi connectivity index (χ1) is 22.4. The molecule has 2 aromatic heterocycles. The highest BCUT2D eigenvalue weighted by molar-refractivity contribution is 5.99. The van der Waals surface area contributed by atoms with E-state index >= 15 is 0 Å². The summed E-state index contributed by atoms with van der Waals surface area (Å²) in [4.78, 5) is 33.9. The Kier molecular flexibility index (Phi) is 8.43. The van der Waals surface area contributed by atoms with Crippen molar-refractivity contribution in [3.05, 3.63) is 168 Å². The minimum absolute atomic E-state index is 0.0515. The van der Waals surface area contributed by atoms with Crippen molar-refractivity contribution in [3.8, 4) is 11.4 Å². The van der Waals surface area contributed by atoms with E-state index in [4.69, 9.17) is 11.5 Å². The van der Waals surface area contributed by atoms with E-state index in [0.717, 1.165) is 44.3 Å². The van der Waals surface area contributed by atoms with Gasteiger partial charge in [-0.25, -0.2) is 0 Å². The van der Waals surface area contributed by atoms with Crippen molar-refractivity contribution in [1.82, 2.24) is 14.5 Å². The van der Waals surface area contributed by atoms with E-state index in [1.54, 1.807) is 12.1 Å². The molecule has 0 spiro atoms. The Morgan fingerprint density at radius 3 is 1.48 bits per heavy atom. The van der Waals surface area contributed by atoms with E-state index in [2.05, 4.69) is 5.32 Å². The number of carbonyl (C=O) groups excluding carboxylic acids is 3. The molecule has 8 rings (SSSR count). The fourth-order valence-corrected chi connectivity index (χ4v) is 5.54. The maximum absolute atomic E-state index is 11.5. The predicted octanol–water partition coefficient (Wildman–Crippen LogP) is 6.39. The number of nitrogens with zero attached hydrogens (tertiary/aromatic N) is 2. The van der Waals surface area contributed by atoms with Crippen LogP contribution in [0.15, 0.2) is 146 Å². The Labute approximate surface area is 265 Å². The SMILES string of the molecule is NC(=O)c1ccccc1-n1ccc2ccccc21.NC(=O)c1ccccc1-n1ccc2ccccc21.O=C1NCc2ccccc21. The van der Waals surface area contributed by atoms with Gasteiger partial charge in [-0.2, -0.15) is 0 Å². The summed E-state index contributed by atoms with van der Waals surface area (Å²) < 4.78 is 3.96. The second kappa shape index (κ2) is 13.1. The molecular weight excluding hydrogens is 574 g/mol. The van der Waals surface area contributed by atoms with Crippen molar-refractivity contribution < 1.29 is 14.4 Å². The highest BCUT2D eigenvalue weighted by Gasteiger charge is 2.16. The zero-order valence-corrected chi connectivity index (χ0v) is 24.8. The lowest BCUT2D eigenvalue weighted by Gasteiger charge is -2.09. The van der Waals surface area contributed by atoms with Crippen LogP contribution in [0.5, 0.6) is 0 Å². The largest absolute Gasteiger partial charge is 0.366 e. The van der Waals surface area contributed by atoms with Gasteiger partial charge in [0.25, 0.3) is 17.7 Å². The van der Waals surface area contributed by atoms with Crippen LogP contribution in [0.3, 0.4) is 0 Å². The topological polar surface area (TPSA) is 125 Å². The van der Waals surface area contributed by atoms with Crippen LogP contribution >= 0.6 is 0 Å². The lowest BCUT2D eigenvalue weighted by molar-refractivity contribution is 0.0962. The highest BCUT2D eigenvalue weighted by atomic mass is 16.2. The maximum Gasteiger partial charge on any atom is 0.251 e. The molecule has 1 aliphatic rings. The zero-order valence-electron chi connectivity index (χ0n) is 24.8. The molecule has 3 heterocycles. The summed E-state index contributed by atoms with van der Waals surface area (Å²) in [6.07, 6.45) is 3.90. The molecule has 0 atom stereocenters. The van der Waals surface area contributed by atoms with E-state index < -0.39 is 11.8 Å². The van der Waals surface area contributed by atoms with Crippen LogP contribution in [0, 0.1) is 0 Å². The van der Waals surface area contributed by atoms with Crippen LogP contribution in [0.2, 0.25) is 0 Å². The quantitative estimate of drug-likeness (QED) is 0.215.